The molecule has 1 aromatic rings. The summed E-state index contributed by atoms with van der Waals surface area (Å²) in [7, 11) is 0. The Morgan fingerprint density at radius 3 is 2.42 bits per heavy atom. The van der Waals surface area contributed by atoms with Gasteiger partial charge in [0.05, 0.1) is 12.1 Å². The molecule has 7 nitrogen and oxygen atoms in total. The van der Waals surface area contributed by atoms with Crippen molar-refractivity contribution in [3.8, 4) is 0 Å². The molecule has 0 radical (unpaired) electrons. The molecule has 0 bridgehead atoms. The molecule has 2 aliphatic rings. The maximum absolute atomic E-state index is 12.8. The predicted molar refractivity (Wildman–Crippen MR) is 96.5 cm³/mol. The number of amides is 1. The van der Waals surface area contributed by atoms with E-state index in [9.17, 15) is 9.59 Å². The first kappa shape index (κ1) is 18.9. The van der Waals surface area contributed by atoms with Crippen molar-refractivity contribution in [2.75, 3.05) is 13.1 Å². The molecule has 2 fully saturated rings. The van der Waals surface area contributed by atoms with E-state index in [4.69, 9.17) is 5.11 Å². The van der Waals surface area contributed by atoms with E-state index in [0.29, 0.717) is 18.2 Å². The van der Waals surface area contributed by atoms with Crippen LogP contribution in [-0.2, 0) is 22.6 Å². The van der Waals surface area contributed by atoms with Crippen molar-refractivity contribution in [2.45, 2.75) is 70.8 Å². The fraction of sp³-hybridized carbons (Fsp3) is 0.789. The zero-order valence-corrected chi connectivity index (χ0v) is 15.5. The van der Waals surface area contributed by atoms with Crippen LogP contribution >= 0.6 is 0 Å². The highest BCUT2D eigenvalue weighted by Gasteiger charge is 2.28. The first-order valence-electron chi connectivity index (χ1n) is 10.0. The topological polar surface area (TPSA) is 88.3 Å². The van der Waals surface area contributed by atoms with E-state index in [1.54, 1.807) is 0 Å². The number of aliphatic carboxylic acids is 1. The summed E-state index contributed by atoms with van der Waals surface area (Å²) in [6.07, 6.45) is 11.4. The van der Waals surface area contributed by atoms with E-state index in [1.165, 1.54) is 25.7 Å². The monoisotopic (exact) mass is 362 g/mol. The van der Waals surface area contributed by atoms with Gasteiger partial charge in [0, 0.05) is 38.2 Å². The fourth-order valence-electron chi connectivity index (χ4n) is 4.16. The zero-order chi connectivity index (χ0) is 18.4. The summed E-state index contributed by atoms with van der Waals surface area (Å²) in [5.41, 5.74) is 0.730. The molecule has 7 heteroatoms. The third kappa shape index (κ3) is 5.29. The standard InChI is InChI=1S/C19H30N4O3/c24-18(25)8-7-17-14-23(21-20-17)13-15-9-11-22(12-10-15)19(26)16-5-3-1-2-4-6-16/h14-16H,1-13H2,(H,24,25). The number of likely N-dealkylation sites (tertiary alicyclic amines) is 1. The second kappa shape index (κ2) is 9.14. The number of carbonyl (C=O) groups is 2. The highest BCUT2D eigenvalue weighted by molar-refractivity contribution is 5.78. The van der Waals surface area contributed by atoms with E-state index in [1.807, 2.05) is 10.9 Å². The second-order valence-corrected chi connectivity index (χ2v) is 7.78. The minimum absolute atomic E-state index is 0.0837. The lowest BCUT2D eigenvalue weighted by molar-refractivity contribution is -0.138. The summed E-state index contributed by atoms with van der Waals surface area (Å²) >= 11 is 0. The van der Waals surface area contributed by atoms with Crippen LogP contribution in [0, 0.1) is 11.8 Å². The lowest BCUT2D eigenvalue weighted by Gasteiger charge is -2.34. The van der Waals surface area contributed by atoms with Crippen LogP contribution in [-0.4, -0.2) is 50.0 Å². The number of carboxylic acids is 1. The Hall–Kier alpha value is -1.92. The molecule has 1 saturated carbocycles. The average Bonchev–Trinajstić information content (AvgIpc) is 2.91. The highest BCUT2D eigenvalue weighted by atomic mass is 16.4. The van der Waals surface area contributed by atoms with Gasteiger partial charge in [-0.05, 0) is 31.6 Å². The molecule has 1 aliphatic heterocycles. The Balaban J connectivity index is 1.43. The largest absolute Gasteiger partial charge is 0.481 e. The quantitative estimate of drug-likeness (QED) is 0.786. The molecule has 0 unspecified atom stereocenters. The Bertz CT molecular complexity index is 600. The molecule has 1 aliphatic carbocycles. The van der Waals surface area contributed by atoms with Crippen LogP contribution in [0.25, 0.3) is 0 Å². The Kier molecular flexibility index (Phi) is 6.63. The Morgan fingerprint density at radius 2 is 1.77 bits per heavy atom. The number of aryl methyl sites for hydroxylation is 1. The fourth-order valence-corrected chi connectivity index (χ4v) is 4.16. The molecule has 3 rings (SSSR count). The summed E-state index contributed by atoms with van der Waals surface area (Å²) in [5, 5.41) is 16.9. The van der Waals surface area contributed by atoms with Gasteiger partial charge in [-0.25, -0.2) is 0 Å². The van der Waals surface area contributed by atoms with Gasteiger partial charge in [0.15, 0.2) is 0 Å². The van der Waals surface area contributed by atoms with Gasteiger partial charge in [-0.1, -0.05) is 30.9 Å². The molecule has 0 atom stereocenters. The van der Waals surface area contributed by atoms with Crippen molar-refractivity contribution in [1.29, 1.82) is 0 Å². The summed E-state index contributed by atoms with van der Waals surface area (Å²) in [4.78, 5) is 25.5. The molecule has 1 N–H and O–H groups in total. The van der Waals surface area contributed by atoms with E-state index < -0.39 is 5.97 Å². The molecule has 1 saturated heterocycles. The van der Waals surface area contributed by atoms with Crippen LogP contribution in [0.2, 0.25) is 0 Å². The smallest absolute Gasteiger partial charge is 0.303 e. The normalized spacial score (nSPS) is 20.1. The number of piperidine rings is 1. The number of carboxylic acid groups (broad SMARTS) is 1. The van der Waals surface area contributed by atoms with E-state index in [0.717, 1.165) is 51.0 Å². The van der Waals surface area contributed by atoms with Gasteiger partial charge >= 0.3 is 5.97 Å². The van der Waals surface area contributed by atoms with Crippen LogP contribution in [0.5, 0.6) is 0 Å². The van der Waals surface area contributed by atoms with E-state index >= 15 is 0 Å². The molecule has 2 heterocycles. The van der Waals surface area contributed by atoms with E-state index in [2.05, 4.69) is 15.2 Å². The number of hydrogen-bond donors (Lipinski definition) is 1. The molecular formula is C19H30N4O3. The summed E-state index contributed by atoms with van der Waals surface area (Å²) in [6.45, 7) is 2.49. The summed E-state index contributed by atoms with van der Waals surface area (Å²) in [6, 6.07) is 0. The first-order chi connectivity index (χ1) is 12.6. The van der Waals surface area contributed by atoms with Crippen LogP contribution in [0.15, 0.2) is 6.20 Å². The molecule has 0 spiro atoms. The lowest BCUT2D eigenvalue weighted by Crippen LogP contribution is -2.42. The van der Waals surface area contributed by atoms with Crippen molar-refractivity contribution in [3.63, 3.8) is 0 Å². The summed E-state index contributed by atoms with van der Waals surface area (Å²) < 4.78 is 1.82. The molecule has 0 aromatic carbocycles. The summed E-state index contributed by atoms with van der Waals surface area (Å²) in [5.74, 6) is 0.315. The molecule has 1 aromatic heterocycles. The van der Waals surface area contributed by atoms with Gasteiger partial charge in [-0.15, -0.1) is 5.10 Å². The second-order valence-electron chi connectivity index (χ2n) is 7.78. The van der Waals surface area contributed by atoms with E-state index in [-0.39, 0.29) is 12.3 Å². The Morgan fingerprint density at radius 1 is 1.08 bits per heavy atom. The third-order valence-electron chi connectivity index (χ3n) is 5.76. The van der Waals surface area contributed by atoms with Gasteiger partial charge in [0.25, 0.3) is 0 Å². The van der Waals surface area contributed by atoms with Gasteiger partial charge in [-0.3, -0.25) is 14.3 Å². The number of aromatic nitrogens is 3. The Labute approximate surface area is 154 Å². The van der Waals surface area contributed by atoms with Crippen LogP contribution in [0.4, 0.5) is 0 Å². The van der Waals surface area contributed by atoms with Crippen LogP contribution in [0.3, 0.4) is 0 Å². The van der Waals surface area contributed by atoms with Crippen molar-refractivity contribution >= 4 is 11.9 Å². The maximum atomic E-state index is 12.8. The van der Waals surface area contributed by atoms with Crippen LogP contribution in [0.1, 0.15) is 63.5 Å². The van der Waals surface area contributed by atoms with Crippen molar-refractivity contribution in [2.24, 2.45) is 11.8 Å². The molecule has 26 heavy (non-hydrogen) atoms. The number of hydrogen-bond acceptors (Lipinski definition) is 4. The predicted octanol–water partition coefficient (Wildman–Crippen LogP) is 2.50. The number of carbonyl (C=O) groups excluding carboxylic acids is 1. The molecule has 144 valence electrons. The minimum atomic E-state index is -0.815. The van der Waals surface area contributed by atoms with Gasteiger partial charge in [0.1, 0.15) is 0 Å². The van der Waals surface area contributed by atoms with Crippen LogP contribution < -0.4 is 0 Å². The molecular weight excluding hydrogens is 332 g/mol. The van der Waals surface area contributed by atoms with Gasteiger partial charge in [-0.2, -0.15) is 0 Å². The van der Waals surface area contributed by atoms with Crippen molar-refractivity contribution in [1.82, 2.24) is 19.9 Å². The first-order valence-corrected chi connectivity index (χ1v) is 10.0. The highest BCUT2D eigenvalue weighted by Crippen LogP contribution is 2.27. The third-order valence-corrected chi connectivity index (χ3v) is 5.76. The minimum Gasteiger partial charge on any atom is -0.481 e. The average molecular weight is 362 g/mol. The lowest BCUT2D eigenvalue weighted by atomic mass is 9.93. The van der Waals surface area contributed by atoms with Crippen molar-refractivity contribution in [3.05, 3.63) is 11.9 Å². The van der Waals surface area contributed by atoms with Crippen molar-refractivity contribution < 1.29 is 14.7 Å². The number of nitrogens with zero attached hydrogens (tertiary/aromatic N) is 4. The maximum Gasteiger partial charge on any atom is 0.303 e. The molecule has 1 amide bonds. The number of rotatable bonds is 6. The zero-order valence-electron chi connectivity index (χ0n) is 15.5. The van der Waals surface area contributed by atoms with Gasteiger partial charge in [0.2, 0.25) is 5.91 Å². The SMILES string of the molecule is O=C(O)CCc1cn(CC2CCN(C(=O)C3CCCCCC3)CC2)nn1. The van der Waals surface area contributed by atoms with Gasteiger partial charge < -0.3 is 10.0 Å².